The molecule has 0 fully saturated rings. The molecule has 0 saturated heterocycles. The van der Waals surface area contributed by atoms with Crippen molar-refractivity contribution in [2.75, 3.05) is 0 Å². The Labute approximate surface area is 391 Å². The maximum absolute atomic E-state index is 5.40. The van der Waals surface area contributed by atoms with E-state index in [0.29, 0.717) is 34.9 Å². The van der Waals surface area contributed by atoms with Crippen molar-refractivity contribution in [1.82, 2.24) is 39.0 Å². The van der Waals surface area contributed by atoms with Gasteiger partial charge in [0, 0.05) is 54.9 Å². The molecule has 0 amide bonds. The number of aromatic nitrogens is 8. The van der Waals surface area contributed by atoms with E-state index in [9.17, 15) is 0 Å². The Morgan fingerprint density at radius 2 is 0.426 bits per heavy atom. The lowest BCUT2D eigenvalue weighted by atomic mass is 10.0. The quantitative estimate of drug-likeness (QED) is 0.151. The summed E-state index contributed by atoms with van der Waals surface area (Å²) in [5.41, 5.74) is 11.0. The summed E-state index contributed by atoms with van der Waals surface area (Å²) in [6.45, 7) is 0. The molecule has 0 saturated carbocycles. The summed E-state index contributed by atoms with van der Waals surface area (Å²) in [4.78, 5) is 31.9. The molecule has 68 heavy (non-hydrogen) atoms. The van der Waals surface area contributed by atoms with Gasteiger partial charge in [-0.25, -0.2) is 29.9 Å². The van der Waals surface area contributed by atoms with Crippen LogP contribution in [0.2, 0.25) is 0 Å². The average molecular weight is 871 g/mol. The van der Waals surface area contributed by atoms with Gasteiger partial charge in [0.05, 0.1) is 33.4 Å². The molecule has 4 aromatic heterocycles. The predicted octanol–water partition coefficient (Wildman–Crippen LogP) is 14.3. The van der Waals surface area contributed by atoms with Crippen molar-refractivity contribution in [3.8, 4) is 79.7 Å². The fourth-order valence-electron chi connectivity index (χ4n) is 9.58. The molecule has 0 N–H and O–H groups in total. The second kappa shape index (κ2) is 16.2. The molecule has 0 aliphatic rings. The summed E-state index contributed by atoms with van der Waals surface area (Å²) in [6, 6.07) is 79.2. The molecular weight excluding hydrogens is 833 g/mol. The highest BCUT2D eigenvalue weighted by molar-refractivity contribution is 6.13. The van der Waals surface area contributed by atoms with Crippen LogP contribution in [0, 0.1) is 0 Å². The van der Waals surface area contributed by atoms with Gasteiger partial charge in [0.15, 0.2) is 34.9 Å². The summed E-state index contributed by atoms with van der Waals surface area (Å²) in [6.07, 6.45) is 0. The van der Waals surface area contributed by atoms with Crippen molar-refractivity contribution in [2.24, 2.45) is 0 Å². The van der Waals surface area contributed by atoms with Gasteiger partial charge in [0.1, 0.15) is 0 Å². The van der Waals surface area contributed by atoms with E-state index < -0.39 is 0 Å². The van der Waals surface area contributed by atoms with E-state index in [1.54, 1.807) is 0 Å². The van der Waals surface area contributed by atoms with Gasteiger partial charge in [-0.2, -0.15) is 0 Å². The number of hydrogen-bond acceptors (Lipinski definition) is 6. The monoisotopic (exact) mass is 870 g/mol. The van der Waals surface area contributed by atoms with Crippen LogP contribution < -0.4 is 0 Å². The molecule has 0 spiro atoms. The SMILES string of the molecule is c1ccc(-c2nc(-c3ccccc3)nc(-c3ccc(-c4nc(-c5ccccc5)nc(-c5ccccc5)n4)c(-n4c5ccccc5c5ccccc54)c3-n3c4ccccc4c4ccccc43)n2)cc1. The van der Waals surface area contributed by atoms with Gasteiger partial charge in [-0.1, -0.05) is 194 Å². The van der Waals surface area contributed by atoms with Crippen molar-refractivity contribution in [2.45, 2.75) is 0 Å². The molecule has 13 aromatic rings. The Hall–Kier alpha value is -9.40. The van der Waals surface area contributed by atoms with Crippen LogP contribution in [-0.4, -0.2) is 39.0 Å². The fraction of sp³-hybridized carbons (Fsp3) is 0. The van der Waals surface area contributed by atoms with E-state index in [1.165, 1.54) is 0 Å². The molecule has 13 rings (SSSR count). The number of rotatable bonds is 8. The Kier molecular flexibility index (Phi) is 9.31. The van der Waals surface area contributed by atoms with E-state index >= 15 is 0 Å². The van der Waals surface area contributed by atoms with E-state index in [0.717, 1.165) is 88.4 Å². The molecule has 0 aliphatic carbocycles. The summed E-state index contributed by atoms with van der Waals surface area (Å²) >= 11 is 0. The summed E-state index contributed by atoms with van der Waals surface area (Å²) in [5, 5.41) is 4.49. The third kappa shape index (κ3) is 6.54. The van der Waals surface area contributed by atoms with Crippen LogP contribution in [-0.2, 0) is 0 Å². The first kappa shape index (κ1) is 39.0. The third-order valence-corrected chi connectivity index (χ3v) is 12.6. The largest absolute Gasteiger partial charge is 0.306 e. The third-order valence-electron chi connectivity index (χ3n) is 12.6. The first-order chi connectivity index (χ1) is 33.7. The van der Waals surface area contributed by atoms with Crippen molar-refractivity contribution in [3.05, 3.63) is 231 Å². The fourth-order valence-corrected chi connectivity index (χ4v) is 9.58. The first-order valence-corrected chi connectivity index (χ1v) is 22.6. The average Bonchev–Trinajstić information content (AvgIpc) is 3.94. The zero-order valence-corrected chi connectivity index (χ0v) is 36.5. The lowest BCUT2D eigenvalue weighted by Gasteiger charge is -2.23. The smallest absolute Gasteiger partial charge is 0.166 e. The van der Waals surface area contributed by atoms with Crippen LogP contribution >= 0.6 is 0 Å². The van der Waals surface area contributed by atoms with E-state index in [4.69, 9.17) is 29.9 Å². The second-order valence-electron chi connectivity index (χ2n) is 16.7. The van der Waals surface area contributed by atoms with Crippen LogP contribution in [0.4, 0.5) is 0 Å². The molecule has 0 bridgehead atoms. The van der Waals surface area contributed by atoms with Crippen molar-refractivity contribution in [1.29, 1.82) is 0 Å². The van der Waals surface area contributed by atoms with Crippen LogP contribution in [0.5, 0.6) is 0 Å². The van der Waals surface area contributed by atoms with Gasteiger partial charge < -0.3 is 9.13 Å². The number of hydrogen-bond donors (Lipinski definition) is 0. The van der Waals surface area contributed by atoms with E-state index in [1.807, 2.05) is 121 Å². The molecule has 8 heteroatoms. The summed E-state index contributed by atoms with van der Waals surface area (Å²) < 4.78 is 4.77. The number of benzene rings is 9. The summed E-state index contributed by atoms with van der Waals surface area (Å²) in [7, 11) is 0. The Morgan fingerprint density at radius 1 is 0.206 bits per heavy atom. The minimum atomic E-state index is 0.522. The van der Waals surface area contributed by atoms with Gasteiger partial charge in [0.2, 0.25) is 0 Å². The Balaban J connectivity index is 1.24. The van der Waals surface area contributed by atoms with E-state index in [-0.39, 0.29) is 0 Å². The molecule has 0 radical (unpaired) electrons. The molecule has 0 unspecified atom stereocenters. The minimum absolute atomic E-state index is 0.522. The molecule has 0 atom stereocenters. The Bertz CT molecular complexity index is 3530. The number of para-hydroxylation sites is 4. The normalized spacial score (nSPS) is 11.5. The summed E-state index contributed by atoms with van der Waals surface area (Å²) in [5.74, 6) is 3.33. The first-order valence-electron chi connectivity index (χ1n) is 22.6. The lowest BCUT2D eigenvalue weighted by Crippen LogP contribution is -2.11. The van der Waals surface area contributed by atoms with Crippen molar-refractivity contribution < 1.29 is 0 Å². The number of nitrogens with zero attached hydrogens (tertiary/aromatic N) is 8. The van der Waals surface area contributed by atoms with E-state index in [2.05, 4.69) is 118 Å². The lowest BCUT2D eigenvalue weighted by molar-refractivity contribution is 1.04. The maximum atomic E-state index is 5.40. The van der Waals surface area contributed by atoms with Gasteiger partial charge in [-0.15, -0.1) is 0 Å². The highest BCUT2D eigenvalue weighted by Crippen LogP contribution is 2.45. The topological polar surface area (TPSA) is 87.2 Å². The molecule has 4 heterocycles. The standard InChI is InChI=1S/C60H38N8/c1-5-21-39(22-6-1)55-61-56(40-23-7-2-8-24-40)64-59(63-55)47-37-38-48(60-65-57(41-25-9-3-10-26-41)62-58(66-60)42-27-11-4-12-28-42)54(68-51-35-19-15-31-45(51)46-32-16-20-36-52(46)68)53(47)67-49-33-17-13-29-43(49)44-30-14-18-34-50(44)67/h1-38H. The van der Waals surface area contributed by atoms with Crippen LogP contribution in [0.3, 0.4) is 0 Å². The minimum Gasteiger partial charge on any atom is -0.306 e. The molecule has 8 nitrogen and oxygen atoms in total. The van der Waals surface area contributed by atoms with Crippen LogP contribution in [0.25, 0.3) is 123 Å². The van der Waals surface area contributed by atoms with Gasteiger partial charge >= 0.3 is 0 Å². The van der Waals surface area contributed by atoms with Gasteiger partial charge in [0.25, 0.3) is 0 Å². The van der Waals surface area contributed by atoms with Crippen molar-refractivity contribution in [3.63, 3.8) is 0 Å². The zero-order chi connectivity index (χ0) is 45.0. The molecule has 9 aromatic carbocycles. The predicted molar refractivity (Wildman–Crippen MR) is 275 cm³/mol. The molecular formula is C60H38N8. The molecule has 318 valence electrons. The highest BCUT2D eigenvalue weighted by Gasteiger charge is 2.29. The zero-order valence-electron chi connectivity index (χ0n) is 36.5. The van der Waals surface area contributed by atoms with Gasteiger partial charge in [-0.3, -0.25) is 0 Å². The number of fused-ring (bicyclic) bond motifs is 6. The van der Waals surface area contributed by atoms with Gasteiger partial charge in [-0.05, 0) is 36.4 Å². The van der Waals surface area contributed by atoms with Crippen molar-refractivity contribution >= 4 is 43.6 Å². The second-order valence-corrected chi connectivity index (χ2v) is 16.7. The maximum Gasteiger partial charge on any atom is 0.166 e. The van der Waals surface area contributed by atoms with Crippen LogP contribution in [0.1, 0.15) is 0 Å². The Morgan fingerprint density at radius 3 is 0.691 bits per heavy atom. The molecule has 0 aliphatic heterocycles. The highest BCUT2D eigenvalue weighted by atomic mass is 15.1. The van der Waals surface area contributed by atoms with Crippen LogP contribution in [0.15, 0.2) is 231 Å².